The fraction of sp³-hybridized carbons (Fsp3) is 1.00. The quantitative estimate of drug-likeness (QED) is 0.548. The van der Waals surface area contributed by atoms with E-state index in [2.05, 4.69) is 19.2 Å². The van der Waals surface area contributed by atoms with Crippen molar-refractivity contribution < 1.29 is 14.2 Å². The van der Waals surface area contributed by atoms with Crippen molar-refractivity contribution >= 4 is 0 Å². The first-order chi connectivity index (χ1) is 7.62. The average Bonchev–Trinajstić information content (AvgIpc) is 2.27. The number of rotatable bonds is 11. The van der Waals surface area contributed by atoms with Gasteiger partial charge in [-0.15, -0.1) is 0 Å². The Balaban J connectivity index is 3.10. The molecule has 1 N–H and O–H groups in total. The Kier molecular flexibility index (Phi) is 9.92. The van der Waals surface area contributed by atoms with Crippen molar-refractivity contribution in [3.05, 3.63) is 0 Å². The Morgan fingerprint density at radius 3 is 2.38 bits per heavy atom. The van der Waals surface area contributed by atoms with Crippen LogP contribution in [0.2, 0.25) is 0 Å². The van der Waals surface area contributed by atoms with Crippen molar-refractivity contribution in [1.29, 1.82) is 0 Å². The summed E-state index contributed by atoms with van der Waals surface area (Å²) in [6, 6.07) is 0. The monoisotopic (exact) mass is 233 g/mol. The standard InChI is InChI=1S/C12H27NO3/c1-12(2,15-4)6-10-16-11-8-13-7-5-9-14-3/h13H,5-11H2,1-4H3. The zero-order valence-corrected chi connectivity index (χ0v) is 11.2. The normalized spacial score (nSPS) is 12.0. The molecule has 16 heavy (non-hydrogen) atoms. The van der Waals surface area contributed by atoms with Gasteiger partial charge in [-0.2, -0.15) is 0 Å². The largest absolute Gasteiger partial charge is 0.385 e. The van der Waals surface area contributed by atoms with Gasteiger partial charge < -0.3 is 19.5 Å². The van der Waals surface area contributed by atoms with Gasteiger partial charge in [-0.05, 0) is 33.2 Å². The van der Waals surface area contributed by atoms with E-state index in [4.69, 9.17) is 14.2 Å². The molecule has 0 aliphatic carbocycles. The van der Waals surface area contributed by atoms with E-state index in [1.165, 1.54) is 0 Å². The van der Waals surface area contributed by atoms with E-state index in [9.17, 15) is 0 Å². The number of nitrogens with one attached hydrogen (secondary N) is 1. The maximum Gasteiger partial charge on any atom is 0.0644 e. The summed E-state index contributed by atoms with van der Waals surface area (Å²) in [5.74, 6) is 0. The van der Waals surface area contributed by atoms with E-state index in [1.54, 1.807) is 14.2 Å². The Hall–Kier alpha value is -0.160. The second-order valence-electron chi connectivity index (χ2n) is 4.42. The van der Waals surface area contributed by atoms with Crippen LogP contribution in [-0.4, -0.2) is 52.7 Å². The van der Waals surface area contributed by atoms with Crippen molar-refractivity contribution in [2.45, 2.75) is 32.3 Å². The molecule has 4 heteroatoms. The van der Waals surface area contributed by atoms with Gasteiger partial charge in [0.05, 0.1) is 12.2 Å². The minimum Gasteiger partial charge on any atom is -0.385 e. The highest BCUT2D eigenvalue weighted by Gasteiger charge is 2.15. The Morgan fingerprint density at radius 2 is 1.75 bits per heavy atom. The van der Waals surface area contributed by atoms with E-state index < -0.39 is 0 Å². The molecule has 0 aliphatic heterocycles. The molecule has 0 bridgehead atoms. The molecule has 0 fully saturated rings. The second-order valence-corrected chi connectivity index (χ2v) is 4.42. The van der Waals surface area contributed by atoms with Gasteiger partial charge >= 0.3 is 0 Å². The molecule has 0 radical (unpaired) electrons. The predicted molar refractivity (Wildman–Crippen MR) is 65.9 cm³/mol. The Morgan fingerprint density at radius 1 is 1.00 bits per heavy atom. The zero-order valence-electron chi connectivity index (χ0n) is 11.2. The number of methoxy groups -OCH3 is 2. The first-order valence-electron chi connectivity index (χ1n) is 5.95. The van der Waals surface area contributed by atoms with E-state index >= 15 is 0 Å². The fourth-order valence-electron chi connectivity index (χ4n) is 1.13. The third-order valence-electron chi connectivity index (χ3n) is 2.53. The molecular formula is C12H27NO3. The van der Waals surface area contributed by atoms with Crippen molar-refractivity contribution in [2.75, 3.05) is 47.1 Å². The number of hydrogen-bond acceptors (Lipinski definition) is 4. The van der Waals surface area contributed by atoms with Crippen molar-refractivity contribution in [3.8, 4) is 0 Å². The smallest absolute Gasteiger partial charge is 0.0644 e. The zero-order chi connectivity index (χ0) is 12.3. The summed E-state index contributed by atoms with van der Waals surface area (Å²) in [5.41, 5.74) is -0.0775. The highest BCUT2D eigenvalue weighted by atomic mass is 16.5. The molecule has 0 amide bonds. The lowest BCUT2D eigenvalue weighted by molar-refractivity contribution is -0.00936. The number of ether oxygens (including phenoxy) is 3. The molecule has 4 nitrogen and oxygen atoms in total. The second kappa shape index (κ2) is 10.0. The average molecular weight is 233 g/mol. The molecule has 0 aliphatic rings. The van der Waals surface area contributed by atoms with Crippen LogP contribution in [0.25, 0.3) is 0 Å². The molecular weight excluding hydrogens is 206 g/mol. The highest BCUT2D eigenvalue weighted by Crippen LogP contribution is 2.12. The lowest BCUT2D eigenvalue weighted by Crippen LogP contribution is -2.26. The SMILES string of the molecule is COCCCNCCOCCC(C)(C)OC. The minimum absolute atomic E-state index is 0.0775. The molecule has 0 aromatic rings. The Labute approximate surface area is 99.6 Å². The van der Waals surface area contributed by atoms with Gasteiger partial charge in [0.25, 0.3) is 0 Å². The molecule has 98 valence electrons. The summed E-state index contributed by atoms with van der Waals surface area (Å²) in [6.45, 7) is 8.35. The van der Waals surface area contributed by atoms with Gasteiger partial charge in [-0.25, -0.2) is 0 Å². The molecule has 0 aromatic heterocycles. The van der Waals surface area contributed by atoms with Gasteiger partial charge in [-0.3, -0.25) is 0 Å². The first-order valence-corrected chi connectivity index (χ1v) is 5.95. The van der Waals surface area contributed by atoms with Crippen LogP contribution in [0.1, 0.15) is 26.7 Å². The summed E-state index contributed by atoms with van der Waals surface area (Å²) in [7, 11) is 3.46. The third-order valence-corrected chi connectivity index (χ3v) is 2.53. The van der Waals surface area contributed by atoms with Gasteiger partial charge in [0.2, 0.25) is 0 Å². The van der Waals surface area contributed by atoms with Crippen LogP contribution < -0.4 is 5.32 Å². The summed E-state index contributed by atoms with van der Waals surface area (Å²) in [4.78, 5) is 0. The molecule has 0 rings (SSSR count). The van der Waals surface area contributed by atoms with Crippen LogP contribution in [-0.2, 0) is 14.2 Å². The summed E-state index contributed by atoms with van der Waals surface area (Å²) < 4.78 is 15.8. The van der Waals surface area contributed by atoms with Gasteiger partial charge in [0.1, 0.15) is 0 Å². The molecule has 0 unspecified atom stereocenters. The lowest BCUT2D eigenvalue weighted by Gasteiger charge is -2.22. The predicted octanol–water partition coefficient (Wildman–Crippen LogP) is 1.44. The fourth-order valence-corrected chi connectivity index (χ4v) is 1.13. The molecule has 0 aromatic carbocycles. The van der Waals surface area contributed by atoms with E-state index in [0.29, 0.717) is 0 Å². The molecule has 0 saturated heterocycles. The molecule has 0 heterocycles. The van der Waals surface area contributed by atoms with Crippen LogP contribution in [0.5, 0.6) is 0 Å². The maximum absolute atomic E-state index is 5.50. The van der Waals surface area contributed by atoms with E-state index in [1.807, 2.05) is 0 Å². The van der Waals surface area contributed by atoms with Gasteiger partial charge in [0, 0.05) is 34.0 Å². The third kappa shape index (κ3) is 10.4. The summed E-state index contributed by atoms with van der Waals surface area (Å²) in [5, 5.41) is 3.30. The number of hydrogen-bond donors (Lipinski definition) is 1. The van der Waals surface area contributed by atoms with Crippen molar-refractivity contribution in [1.82, 2.24) is 5.32 Å². The van der Waals surface area contributed by atoms with E-state index in [-0.39, 0.29) is 5.60 Å². The molecule has 0 saturated carbocycles. The van der Waals surface area contributed by atoms with E-state index in [0.717, 1.165) is 45.8 Å². The lowest BCUT2D eigenvalue weighted by atomic mass is 10.1. The van der Waals surface area contributed by atoms with Crippen LogP contribution in [0.3, 0.4) is 0 Å². The van der Waals surface area contributed by atoms with Crippen molar-refractivity contribution in [2.24, 2.45) is 0 Å². The topological polar surface area (TPSA) is 39.7 Å². The minimum atomic E-state index is -0.0775. The maximum atomic E-state index is 5.50. The highest BCUT2D eigenvalue weighted by molar-refractivity contribution is 4.66. The van der Waals surface area contributed by atoms with Crippen LogP contribution in [0.4, 0.5) is 0 Å². The van der Waals surface area contributed by atoms with Crippen molar-refractivity contribution in [3.63, 3.8) is 0 Å². The Bertz CT molecular complexity index is 151. The summed E-state index contributed by atoms with van der Waals surface area (Å²) in [6.07, 6.45) is 1.97. The van der Waals surface area contributed by atoms with Crippen LogP contribution in [0.15, 0.2) is 0 Å². The van der Waals surface area contributed by atoms with Gasteiger partial charge in [0.15, 0.2) is 0 Å². The first kappa shape index (κ1) is 15.8. The van der Waals surface area contributed by atoms with Gasteiger partial charge in [-0.1, -0.05) is 0 Å². The molecule has 0 atom stereocenters. The van der Waals surface area contributed by atoms with Crippen LogP contribution >= 0.6 is 0 Å². The van der Waals surface area contributed by atoms with Crippen LogP contribution in [0, 0.1) is 0 Å². The molecule has 0 spiro atoms. The summed E-state index contributed by atoms with van der Waals surface area (Å²) >= 11 is 0.